The second kappa shape index (κ2) is 12.5. The summed E-state index contributed by atoms with van der Waals surface area (Å²) in [6, 6.07) is 24.3. The number of methoxy groups -OCH3 is 3. The molecule has 0 saturated heterocycles. The van der Waals surface area contributed by atoms with E-state index in [-0.39, 0.29) is 0 Å². The van der Waals surface area contributed by atoms with Crippen LogP contribution >= 0.6 is 7.82 Å². The third-order valence-corrected chi connectivity index (χ3v) is 10.8. The number of phosphoric acid groups is 1. The Labute approximate surface area is 203 Å². The van der Waals surface area contributed by atoms with Gasteiger partial charge in [0.1, 0.15) is 10.9 Å². The average Bonchev–Trinajstić information content (AvgIpc) is 2.78. The van der Waals surface area contributed by atoms with Gasteiger partial charge >= 0.3 is 52.7 Å². The van der Waals surface area contributed by atoms with Gasteiger partial charge in [0.25, 0.3) is 0 Å². The van der Waals surface area contributed by atoms with Crippen LogP contribution in [0.1, 0.15) is 0 Å². The van der Waals surface area contributed by atoms with Crippen LogP contribution < -0.4 is 18.0 Å². The fourth-order valence-electron chi connectivity index (χ4n) is 2.84. The second-order valence-corrected chi connectivity index (χ2v) is 13.8. The fourth-order valence-corrected chi connectivity index (χ4v) is 8.05. The topological polar surface area (TPSA) is 152 Å². The molecule has 10 nitrogen and oxygen atoms in total. The number of para-hydroxylation sites is 3. The fraction of sp³-hybridized carbons (Fsp3) is 0.143. The third-order valence-electron chi connectivity index (χ3n) is 4.06. The summed E-state index contributed by atoms with van der Waals surface area (Å²) in [5, 5.41) is 0. The van der Waals surface area contributed by atoms with Crippen LogP contribution in [0.15, 0.2) is 87.5 Å². The molecule has 0 fully saturated rings. The van der Waals surface area contributed by atoms with E-state index < -0.39 is 35.5 Å². The average molecular weight is 682 g/mol. The van der Waals surface area contributed by atoms with E-state index in [4.69, 9.17) is 24.0 Å². The van der Waals surface area contributed by atoms with Crippen LogP contribution in [0.25, 0.3) is 0 Å². The van der Waals surface area contributed by atoms with Gasteiger partial charge < -0.3 is 14.2 Å². The maximum atomic E-state index is 9.57. The standard InChI is InChI=1S/C21H21O3S.H3O4P.3O.W/c1-22-16-10-4-7-13-19(16)25(20-14-8-5-11-17(20)23-2)21-15-9-6-12-18(21)24-3;1-5(2,3)4;;;;/h4-15H,1-3H3;(H3,1,2,3,4);;;;/q+1;;;;-1;+1/p-1. The predicted octanol–water partition coefficient (Wildman–Crippen LogP) is 2.94. The summed E-state index contributed by atoms with van der Waals surface area (Å²) in [6.45, 7) is 0. The van der Waals surface area contributed by atoms with Crippen molar-refractivity contribution in [2.45, 2.75) is 14.7 Å². The molecule has 0 radical (unpaired) electrons. The van der Waals surface area contributed by atoms with Crippen LogP contribution in [0, 0.1) is 0 Å². The number of rotatable bonds is 8. The van der Waals surface area contributed by atoms with Gasteiger partial charge in [0.15, 0.2) is 17.2 Å². The van der Waals surface area contributed by atoms with Gasteiger partial charge in [0.2, 0.25) is 14.7 Å². The van der Waals surface area contributed by atoms with E-state index >= 15 is 0 Å². The Hall–Kier alpha value is -2.23. The summed E-state index contributed by atoms with van der Waals surface area (Å²) in [7, 11) is -0.458. The van der Waals surface area contributed by atoms with Crippen molar-refractivity contribution in [3.63, 3.8) is 0 Å². The Bertz CT molecular complexity index is 1130. The molecule has 0 unspecified atom stereocenters. The first-order valence-corrected chi connectivity index (χ1v) is 16.9. The van der Waals surface area contributed by atoms with Gasteiger partial charge in [-0.1, -0.05) is 36.4 Å². The number of hydrogen-bond acceptors (Lipinski definition) is 8. The number of benzene rings is 3. The summed E-state index contributed by atoms with van der Waals surface area (Å²) in [5.74, 6) is 2.55. The van der Waals surface area contributed by atoms with Crippen molar-refractivity contribution in [2.24, 2.45) is 0 Å². The summed E-state index contributed by atoms with van der Waals surface area (Å²) in [6.07, 6.45) is 0. The van der Waals surface area contributed by atoms with E-state index in [9.17, 15) is 15.1 Å². The van der Waals surface area contributed by atoms with Crippen LogP contribution in [0.4, 0.5) is 0 Å². The molecular weight excluding hydrogens is 659 g/mol. The van der Waals surface area contributed by atoms with Crippen molar-refractivity contribution in [3.05, 3.63) is 72.8 Å². The van der Waals surface area contributed by atoms with E-state index in [0.29, 0.717) is 0 Å². The van der Waals surface area contributed by atoms with Gasteiger partial charge in [0, 0.05) is 0 Å². The third kappa shape index (κ3) is 8.21. The summed E-state index contributed by atoms with van der Waals surface area (Å²) in [5.41, 5.74) is 0. The first kappa shape index (κ1) is 28.0. The molecule has 0 aliphatic heterocycles. The summed E-state index contributed by atoms with van der Waals surface area (Å²) >= 11 is -6.44. The van der Waals surface area contributed by atoms with Gasteiger partial charge in [-0.25, -0.2) is 0 Å². The molecule has 3 rings (SSSR count). The molecule has 34 heavy (non-hydrogen) atoms. The van der Waals surface area contributed by atoms with Gasteiger partial charge in [-0.05, 0) is 36.4 Å². The van der Waals surface area contributed by atoms with Crippen LogP contribution in [-0.2, 0) is 42.2 Å². The van der Waals surface area contributed by atoms with Crippen LogP contribution in [0.2, 0.25) is 0 Å². The van der Waals surface area contributed by atoms with Crippen molar-refractivity contribution in [2.75, 3.05) is 21.3 Å². The molecule has 0 saturated carbocycles. The zero-order valence-corrected chi connectivity index (χ0v) is 23.0. The zero-order chi connectivity index (χ0) is 25.4. The molecule has 0 amide bonds. The molecule has 184 valence electrons. The van der Waals surface area contributed by atoms with Crippen molar-refractivity contribution in [3.8, 4) is 17.2 Å². The van der Waals surface area contributed by atoms with Crippen molar-refractivity contribution in [1.82, 2.24) is 0 Å². The van der Waals surface area contributed by atoms with Gasteiger partial charge in [0.05, 0.1) is 21.3 Å². The molecule has 0 heterocycles. The normalized spacial score (nSPS) is 11.4. The number of hydrogen-bond donors (Lipinski definition) is 2. The molecule has 0 atom stereocenters. The molecule has 0 bridgehead atoms. The van der Waals surface area contributed by atoms with Crippen LogP contribution in [0.5, 0.6) is 17.2 Å². The van der Waals surface area contributed by atoms with Crippen molar-refractivity contribution < 1.29 is 59.0 Å². The quantitative estimate of drug-likeness (QED) is 0.268. The molecule has 0 aliphatic rings. The Morgan fingerprint density at radius 3 is 1.21 bits per heavy atom. The van der Waals surface area contributed by atoms with E-state index in [1.54, 1.807) is 21.3 Å². The van der Waals surface area contributed by atoms with Crippen molar-refractivity contribution in [1.29, 1.82) is 0 Å². The van der Waals surface area contributed by atoms with Crippen molar-refractivity contribution >= 4 is 18.7 Å². The predicted molar refractivity (Wildman–Crippen MR) is 116 cm³/mol. The maximum absolute atomic E-state index is 9.57. The minimum absolute atomic E-state index is 0.424. The van der Waals surface area contributed by atoms with Gasteiger partial charge in [-0.3, -0.25) is 0 Å². The Kier molecular flexibility index (Phi) is 10.3. The molecule has 2 N–H and O–H groups in total. The SMILES string of the molecule is COc1ccccc1[S+](c1ccccc1OC)c1ccccc1OC.O=P(O)(O)[O][W](=[O])(=[O])[O-]. The molecule has 0 aliphatic carbocycles. The molecule has 13 heteroatoms. The van der Waals surface area contributed by atoms with Gasteiger partial charge in [-0.2, -0.15) is 0 Å². The Balaban J connectivity index is 0.000000387. The second-order valence-electron chi connectivity index (χ2n) is 6.23. The van der Waals surface area contributed by atoms with E-state index in [1.165, 1.54) is 0 Å². The first-order chi connectivity index (χ1) is 16.0. The van der Waals surface area contributed by atoms with Crippen LogP contribution in [0.3, 0.4) is 0 Å². The zero-order valence-electron chi connectivity index (χ0n) is 18.4. The summed E-state index contributed by atoms with van der Waals surface area (Å²) in [4.78, 5) is 18.7. The monoisotopic (exact) mass is 682 g/mol. The van der Waals surface area contributed by atoms with Crippen LogP contribution in [-0.4, -0.2) is 31.1 Å². The Morgan fingerprint density at radius 1 is 0.706 bits per heavy atom. The number of ether oxygens (including phenoxy) is 3. The van der Waals surface area contributed by atoms with E-state index in [1.807, 2.05) is 54.6 Å². The molecule has 0 spiro atoms. The summed E-state index contributed by atoms with van der Waals surface area (Å²) < 4.78 is 57.8. The molecular formula is C21H23O10PSW. The van der Waals surface area contributed by atoms with Gasteiger partial charge in [-0.15, -0.1) is 0 Å². The van der Waals surface area contributed by atoms with E-state index in [2.05, 4.69) is 21.4 Å². The van der Waals surface area contributed by atoms with E-state index in [0.717, 1.165) is 31.9 Å². The Morgan fingerprint density at radius 2 is 1.00 bits per heavy atom. The molecule has 3 aromatic rings. The minimum atomic E-state index is -6.44. The molecule has 3 aromatic carbocycles. The first-order valence-electron chi connectivity index (χ1n) is 9.36. The molecule has 0 aromatic heterocycles.